The molecule has 0 saturated carbocycles. The van der Waals surface area contributed by atoms with Crippen molar-refractivity contribution in [3.63, 3.8) is 0 Å². The molecule has 0 radical (unpaired) electrons. The zero-order valence-corrected chi connectivity index (χ0v) is 12.7. The molecule has 0 aliphatic rings. The van der Waals surface area contributed by atoms with Crippen molar-refractivity contribution in [3.8, 4) is 0 Å². The lowest BCUT2D eigenvalue weighted by molar-refractivity contribution is -0.140. The number of methoxy groups -OCH3 is 1. The highest BCUT2D eigenvalue weighted by Gasteiger charge is 2.10. The molecule has 1 aromatic carbocycles. The fraction of sp³-hybridized carbons (Fsp3) is 0.333. The summed E-state index contributed by atoms with van der Waals surface area (Å²) in [5.41, 5.74) is 0.565. The van der Waals surface area contributed by atoms with E-state index in [0.717, 1.165) is 10.2 Å². The Morgan fingerprint density at radius 1 is 1.30 bits per heavy atom. The summed E-state index contributed by atoms with van der Waals surface area (Å²) in [5, 5.41) is 6.63. The van der Waals surface area contributed by atoms with Crippen LogP contribution in [0.3, 0.4) is 0 Å². The molecule has 1 amide bonds. The van der Waals surface area contributed by atoms with E-state index in [1.54, 1.807) is 0 Å². The highest BCUT2D eigenvalue weighted by molar-refractivity contribution is 5.76. The molecule has 1 aromatic heterocycles. The normalized spacial score (nSPS) is 10.3. The maximum atomic E-state index is 11.8. The highest BCUT2D eigenvalue weighted by atomic mass is 16.5. The van der Waals surface area contributed by atoms with Gasteiger partial charge in [0.25, 0.3) is 0 Å². The van der Waals surface area contributed by atoms with E-state index in [4.69, 9.17) is 0 Å². The average Bonchev–Trinajstić information content (AvgIpc) is 2.87. The van der Waals surface area contributed by atoms with E-state index >= 15 is 0 Å². The Morgan fingerprint density at radius 3 is 2.74 bits per heavy atom. The average molecular weight is 318 g/mol. The van der Waals surface area contributed by atoms with Gasteiger partial charge in [-0.15, -0.1) is 0 Å². The van der Waals surface area contributed by atoms with Crippen molar-refractivity contribution in [3.05, 3.63) is 52.2 Å². The third-order valence-electron chi connectivity index (χ3n) is 3.11. The molecular weight excluding hydrogens is 300 g/mol. The molecule has 0 aliphatic carbocycles. The van der Waals surface area contributed by atoms with E-state index in [1.165, 1.54) is 7.11 Å². The number of nitrogens with one attached hydrogen (secondary N) is 2. The van der Waals surface area contributed by atoms with Crippen LogP contribution in [0.1, 0.15) is 17.8 Å². The van der Waals surface area contributed by atoms with E-state index in [9.17, 15) is 14.4 Å². The summed E-state index contributed by atoms with van der Waals surface area (Å²) in [6.07, 6.45) is 0.560. The first kappa shape index (κ1) is 16.5. The quantitative estimate of drug-likeness (QED) is 0.690. The van der Waals surface area contributed by atoms with E-state index in [0.29, 0.717) is 12.2 Å². The zero-order valence-electron chi connectivity index (χ0n) is 12.7. The highest BCUT2D eigenvalue weighted by Crippen LogP contribution is 2.03. The molecular formula is C15H18N4O4. The SMILES string of the molecule is COC(=O)CCNC(=O)Cn1nc(Cc2ccccc2)[nH]c1=O. The van der Waals surface area contributed by atoms with Crippen LogP contribution in [0.4, 0.5) is 0 Å². The van der Waals surface area contributed by atoms with Crippen molar-refractivity contribution in [2.45, 2.75) is 19.4 Å². The first-order chi connectivity index (χ1) is 11.1. The largest absolute Gasteiger partial charge is 0.469 e. The molecule has 2 N–H and O–H groups in total. The molecule has 0 aliphatic heterocycles. The van der Waals surface area contributed by atoms with Crippen LogP contribution in [0.5, 0.6) is 0 Å². The predicted molar refractivity (Wildman–Crippen MR) is 81.7 cm³/mol. The van der Waals surface area contributed by atoms with Crippen LogP contribution in [0.25, 0.3) is 0 Å². The zero-order chi connectivity index (χ0) is 16.7. The van der Waals surface area contributed by atoms with Gasteiger partial charge in [0.05, 0.1) is 13.5 Å². The van der Waals surface area contributed by atoms with Gasteiger partial charge in [0.1, 0.15) is 12.4 Å². The number of hydrogen-bond donors (Lipinski definition) is 2. The van der Waals surface area contributed by atoms with Crippen LogP contribution in [0.15, 0.2) is 35.1 Å². The fourth-order valence-corrected chi connectivity index (χ4v) is 1.98. The van der Waals surface area contributed by atoms with Gasteiger partial charge in [-0.2, -0.15) is 5.10 Å². The molecule has 8 heteroatoms. The molecule has 0 unspecified atom stereocenters. The lowest BCUT2D eigenvalue weighted by Gasteiger charge is -2.03. The third kappa shape index (κ3) is 5.10. The van der Waals surface area contributed by atoms with Crippen molar-refractivity contribution in [1.82, 2.24) is 20.1 Å². The number of rotatable bonds is 7. The van der Waals surface area contributed by atoms with Crippen molar-refractivity contribution in [1.29, 1.82) is 0 Å². The van der Waals surface area contributed by atoms with Gasteiger partial charge in [0, 0.05) is 13.0 Å². The molecule has 0 spiro atoms. The predicted octanol–water partition coefficient (Wildman–Crippen LogP) is -0.158. The second-order valence-corrected chi connectivity index (χ2v) is 4.87. The Kier molecular flexibility index (Phi) is 5.67. The smallest absolute Gasteiger partial charge is 0.343 e. The van der Waals surface area contributed by atoms with Gasteiger partial charge in [0.2, 0.25) is 5.91 Å². The van der Waals surface area contributed by atoms with Crippen LogP contribution in [-0.2, 0) is 27.3 Å². The number of carbonyl (C=O) groups is 2. The molecule has 0 saturated heterocycles. The van der Waals surface area contributed by atoms with Crippen molar-refractivity contribution in [2.75, 3.05) is 13.7 Å². The number of aromatic amines is 1. The molecule has 2 rings (SSSR count). The Morgan fingerprint density at radius 2 is 2.04 bits per heavy atom. The Balaban J connectivity index is 1.89. The number of carbonyl (C=O) groups excluding carboxylic acids is 2. The molecule has 0 fully saturated rings. The van der Waals surface area contributed by atoms with Crippen molar-refractivity contribution in [2.24, 2.45) is 0 Å². The van der Waals surface area contributed by atoms with Gasteiger partial charge in [-0.1, -0.05) is 30.3 Å². The molecule has 23 heavy (non-hydrogen) atoms. The summed E-state index contributed by atoms with van der Waals surface area (Å²) < 4.78 is 5.53. The summed E-state index contributed by atoms with van der Waals surface area (Å²) >= 11 is 0. The summed E-state index contributed by atoms with van der Waals surface area (Å²) in [6.45, 7) is -0.0488. The number of ether oxygens (including phenoxy) is 1. The Labute approximate surface area is 132 Å². The topological polar surface area (TPSA) is 106 Å². The van der Waals surface area contributed by atoms with Crippen LogP contribution >= 0.6 is 0 Å². The molecule has 0 bridgehead atoms. The van der Waals surface area contributed by atoms with Crippen molar-refractivity contribution < 1.29 is 14.3 Å². The summed E-state index contributed by atoms with van der Waals surface area (Å²) in [7, 11) is 1.28. The van der Waals surface area contributed by atoms with Gasteiger partial charge in [-0.05, 0) is 5.56 Å². The van der Waals surface area contributed by atoms with E-state index < -0.39 is 17.6 Å². The monoisotopic (exact) mass is 318 g/mol. The summed E-state index contributed by atoms with van der Waals surface area (Å²) in [6, 6.07) is 9.57. The minimum atomic E-state index is -0.445. The number of H-pyrrole nitrogens is 1. The fourth-order valence-electron chi connectivity index (χ4n) is 1.98. The Bertz CT molecular complexity index is 721. The maximum absolute atomic E-state index is 11.8. The molecule has 122 valence electrons. The maximum Gasteiger partial charge on any atom is 0.343 e. The van der Waals surface area contributed by atoms with E-state index in [1.807, 2.05) is 30.3 Å². The van der Waals surface area contributed by atoms with E-state index in [-0.39, 0.29) is 19.5 Å². The number of amides is 1. The number of esters is 1. The van der Waals surface area contributed by atoms with Gasteiger partial charge in [-0.3, -0.25) is 14.6 Å². The second-order valence-electron chi connectivity index (χ2n) is 4.87. The Hall–Kier alpha value is -2.90. The lowest BCUT2D eigenvalue weighted by Crippen LogP contribution is -2.33. The molecule has 0 atom stereocenters. The standard InChI is InChI=1S/C15H18N4O4/c1-23-14(21)7-8-16-13(20)10-19-15(22)17-12(18-19)9-11-5-3-2-4-6-11/h2-6H,7-10H2,1H3,(H,16,20)(H,17,18,22). The third-order valence-corrected chi connectivity index (χ3v) is 3.11. The van der Waals surface area contributed by atoms with E-state index in [2.05, 4.69) is 20.1 Å². The number of hydrogen-bond acceptors (Lipinski definition) is 5. The number of aromatic nitrogens is 3. The van der Waals surface area contributed by atoms with Crippen LogP contribution in [0, 0.1) is 0 Å². The van der Waals surface area contributed by atoms with Gasteiger partial charge >= 0.3 is 11.7 Å². The first-order valence-corrected chi connectivity index (χ1v) is 7.12. The van der Waals surface area contributed by atoms with Gasteiger partial charge in [-0.25, -0.2) is 9.48 Å². The van der Waals surface area contributed by atoms with Crippen molar-refractivity contribution >= 4 is 11.9 Å². The summed E-state index contributed by atoms with van der Waals surface area (Å²) in [4.78, 5) is 37.1. The van der Waals surface area contributed by atoms with Gasteiger partial charge in [0.15, 0.2) is 0 Å². The minimum Gasteiger partial charge on any atom is -0.469 e. The lowest BCUT2D eigenvalue weighted by atomic mass is 10.1. The van der Waals surface area contributed by atoms with Crippen LogP contribution in [0.2, 0.25) is 0 Å². The molecule has 1 heterocycles. The minimum absolute atomic E-state index is 0.0803. The number of benzene rings is 1. The molecule has 2 aromatic rings. The van der Waals surface area contributed by atoms with Gasteiger partial charge < -0.3 is 10.1 Å². The second kappa shape index (κ2) is 7.92. The number of nitrogens with zero attached hydrogens (tertiary/aromatic N) is 2. The van der Waals surface area contributed by atoms with Crippen LogP contribution < -0.4 is 11.0 Å². The first-order valence-electron chi connectivity index (χ1n) is 7.12. The van der Waals surface area contributed by atoms with Crippen LogP contribution in [-0.4, -0.2) is 40.3 Å². The molecule has 8 nitrogen and oxygen atoms in total. The summed E-state index contributed by atoms with van der Waals surface area (Å²) in [5.74, 6) is -0.315.